The van der Waals surface area contributed by atoms with Crippen LogP contribution in [0, 0.1) is 0 Å². The van der Waals surface area contributed by atoms with Crippen molar-refractivity contribution in [2.24, 2.45) is 0 Å². The molecule has 0 aliphatic carbocycles. The quantitative estimate of drug-likeness (QED) is 0.566. The molecule has 0 aliphatic rings. The Morgan fingerprint density at radius 1 is 1.33 bits per heavy atom. The van der Waals surface area contributed by atoms with Gasteiger partial charge in [0.1, 0.15) is 0 Å². The van der Waals surface area contributed by atoms with Crippen molar-refractivity contribution in [3.8, 4) is 0 Å². The Balaban J connectivity index is 3.48. The second kappa shape index (κ2) is 6.39. The maximum Gasteiger partial charge on any atom is 0.211 e. The highest BCUT2D eigenvalue weighted by Gasteiger charge is 2.05. The van der Waals surface area contributed by atoms with Crippen molar-refractivity contribution in [2.45, 2.75) is 26.2 Å². The van der Waals surface area contributed by atoms with Gasteiger partial charge >= 0.3 is 0 Å². The van der Waals surface area contributed by atoms with E-state index in [1.165, 1.54) is 0 Å². The monoisotopic (exact) mass is 195 g/mol. The Hall–Kier alpha value is -0.130. The zero-order chi connectivity index (χ0) is 9.45. The van der Waals surface area contributed by atoms with E-state index in [-0.39, 0.29) is 12.4 Å². The van der Waals surface area contributed by atoms with Crippen LogP contribution in [-0.4, -0.2) is 32.4 Å². The molecular formula is C7H17NO3S. The molecule has 0 fully saturated rings. The number of hydrogen-bond acceptors (Lipinski definition) is 3. The molecule has 0 heterocycles. The van der Waals surface area contributed by atoms with Gasteiger partial charge < -0.3 is 5.11 Å². The molecule has 74 valence electrons. The highest BCUT2D eigenvalue weighted by molar-refractivity contribution is 7.89. The second-order valence-electron chi connectivity index (χ2n) is 2.64. The molecule has 2 N–H and O–H groups in total. The van der Waals surface area contributed by atoms with Crippen LogP contribution in [-0.2, 0) is 10.0 Å². The summed E-state index contributed by atoms with van der Waals surface area (Å²) in [4.78, 5) is 0. The van der Waals surface area contributed by atoms with Crippen molar-refractivity contribution in [1.29, 1.82) is 0 Å². The summed E-state index contributed by atoms with van der Waals surface area (Å²) >= 11 is 0. The first-order valence-electron chi connectivity index (χ1n) is 4.20. The van der Waals surface area contributed by atoms with Crippen LogP contribution in [0.25, 0.3) is 0 Å². The first-order chi connectivity index (χ1) is 5.62. The van der Waals surface area contributed by atoms with Crippen molar-refractivity contribution < 1.29 is 13.5 Å². The second-order valence-corrected chi connectivity index (χ2v) is 4.57. The molecule has 0 saturated heterocycles. The average Bonchev–Trinajstić information content (AvgIpc) is 1.98. The number of rotatable bonds is 7. The van der Waals surface area contributed by atoms with Gasteiger partial charge in [0.2, 0.25) is 10.0 Å². The molecule has 0 unspecified atom stereocenters. The third-order valence-electron chi connectivity index (χ3n) is 1.38. The molecule has 0 aromatic carbocycles. The fourth-order valence-corrected chi connectivity index (χ4v) is 1.94. The molecule has 0 saturated carbocycles. The van der Waals surface area contributed by atoms with Gasteiger partial charge in [0.05, 0.1) is 5.75 Å². The Morgan fingerprint density at radius 3 is 2.50 bits per heavy atom. The van der Waals surface area contributed by atoms with Crippen LogP contribution < -0.4 is 4.72 Å². The fraction of sp³-hybridized carbons (Fsp3) is 1.00. The predicted octanol–water partition coefficient (Wildman–Crippen LogP) is 0.0883. The molecule has 0 spiro atoms. The summed E-state index contributed by atoms with van der Waals surface area (Å²) in [7, 11) is -3.04. The van der Waals surface area contributed by atoms with Gasteiger partial charge in [-0.25, -0.2) is 13.1 Å². The highest BCUT2D eigenvalue weighted by Crippen LogP contribution is 1.90. The summed E-state index contributed by atoms with van der Waals surface area (Å²) in [5.41, 5.74) is 0. The number of nitrogens with one attached hydrogen (secondary N) is 1. The van der Waals surface area contributed by atoms with Crippen LogP contribution in [0.2, 0.25) is 0 Å². The lowest BCUT2D eigenvalue weighted by Gasteiger charge is -2.03. The first kappa shape index (κ1) is 11.9. The van der Waals surface area contributed by atoms with E-state index in [0.29, 0.717) is 25.8 Å². The number of sulfonamides is 1. The Kier molecular flexibility index (Phi) is 6.32. The van der Waals surface area contributed by atoms with Gasteiger partial charge in [0.15, 0.2) is 0 Å². The Labute approximate surface area is 74.0 Å². The van der Waals surface area contributed by atoms with Crippen LogP contribution in [0.5, 0.6) is 0 Å². The SMILES string of the molecule is CCCS(=O)(=O)NCCCCO. The van der Waals surface area contributed by atoms with Crippen LogP contribution in [0.1, 0.15) is 26.2 Å². The number of aliphatic hydroxyl groups is 1. The van der Waals surface area contributed by atoms with Crippen molar-refractivity contribution in [1.82, 2.24) is 4.72 Å². The molecule has 0 rings (SSSR count). The normalized spacial score (nSPS) is 11.8. The third-order valence-corrected chi connectivity index (χ3v) is 2.97. The Morgan fingerprint density at radius 2 is 2.00 bits per heavy atom. The van der Waals surface area contributed by atoms with Gasteiger partial charge in [-0.15, -0.1) is 0 Å². The largest absolute Gasteiger partial charge is 0.396 e. The molecule has 12 heavy (non-hydrogen) atoms. The molecule has 0 aromatic rings. The van der Waals surface area contributed by atoms with E-state index in [4.69, 9.17) is 5.11 Å². The highest BCUT2D eigenvalue weighted by atomic mass is 32.2. The fourth-order valence-electron chi connectivity index (χ4n) is 0.805. The first-order valence-corrected chi connectivity index (χ1v) is 5.86. The molecule has 0 aromatic heterocycles. The average molecular weight is 195 g/mol. The lowest BCUT2D eigenvalue weighted by molar-refractivity contribution is 0.285. The third kappa shape index (κ3) is 6.57. The Bertz CT molecular complexity index is 189. The summed E-state index contributed by atoms with van der Waals surface area (Å²) in [5.74, 6) is 0.187. The molecule has 0 radical (unpaired) electrons. The molecule has 5 heteroatoms. The van der Waals surface area contributed by atoms with E-state index in [9.17, 15) is 8.42 Å². The molecule has 0 aliphatic heterocycles. The van der Waals surface area contributed by atoms with Gasteiger partial charge in [-0.3, -0.25) is 0 Å². The minimum absolute atomic E-state index is 0.121. The maximum atomic E-state index is 11.0. The standard InChI is InChI=1S/C7H17NO3S/c1-2-7-12(10,11)8-5-3-4-6-9/h8-9H,2-7H2,1H3. The van der Waals surface area contributed by atoms with E-state index >= 15 is 0 Å². The smallest absolute Gasteiger partial charge is 0.211 e. The van der Waals surface area contributed by atoms with Crippen LogP contribution >= 0.6 is 0 Å². The van der Waals surface area contributed by atoms with Crippen molar-refractivity contribution in [3.63, 3.8) is 0 Å². The van der Waals surface area contributed by atoms with E-state index in [1.807, 2.05) is 6.92 Å². The van der Waals surface area contributed by atoms with Crippen molar-refractivity contribution in [2.75, 3.05) is 18.9 Å². The zero-order valence-corrected chi connectivity index (χ0v) is 8.23. The lowest BCUT2D eigenvalue weighted by atomic mass is 10.3. The van der Waals surface area contributed by atoms with Crippen LogP contribution in [0.15, 0.2) is 0 Å². The van der Waals surface area contributed by atoms with Crippen molar-refractivity contribution in [3.05, 3.63) is 0 Å². The summed E-state index contributed by atoms with van der Waals surface area (Å²) in [6.45, 7) is 2.38. The minimum atomic E-state index is -3.04. The molecule has 4 nitrogen and oxygen atoms in total. The molecular weight excluding hydrogens is 178 g/mol. The summed E-state index contributed by atoms with van der Waals surface area (Å²) in [6, 6.07) is 0. The van der Waals surface area contributed by atoms with Gasteiger partial charge in [-0.05, 0) is 19.3 Å². The lowest BCUT2D eigenvalue weighted by Crippen LogP contribution is -2.27. The van der Waals surface area contributed by atoms with Crippen molar-refractivity contribution >= 4 is 10.0 Å². The van der Waals surface area contributed by atoms with E-state index < -0.39 is 10.0 Å². The van der Waals surface area contributed by atoms with E-state index in [2.05, 4.69) is 4.72 Å². The summed E-state index contributed by atoms with van der Waals surface area (Å²) in [5, 5.41) is 8.42. The summed E-state index contributed by atoms with van der Waals surface area (Å²) in [6.07, 6.45) is 1.98. The topological polar surface area (TPSA) is 66.4 Å². The van der Waals surface area contributed by atoms with Gasteiger partial charge in [-0.1, -0.05) is 6.92 Å². The van der Waals surface area contributed by atoms with E-state index in [0.717, 1.165) is 0 Å². The van der Waals surface area contributed by atoms with Crippen LogP contribution in [0.3, 0.4) is 0 Å². The molecule has 0 amide bonds. The zero-order valence-electron chi connectivity index (χ0n) is 7.41. The number of unbranched alkanes of at least 4 members (excludes halogenated alkanes) is 1. The predicted molar refractivity (Wildman–Crippen MR) is 48.4 cm³/mol. The molecule has 0 atom stereocenters. The van der Waals surface area contributed by atoms with Crippen LogP contribution in [0.4, 0.5) is 0 Å². The molecule has 0 bridgehead atoms. The number of hydrogen-bond donors (Lipinski definition) is 2. The number of aliphatic hydroxyl groups excluding tert-OH is 1. The van der Waals surface area contributed by atoms with Gasteiger partial charge in [0, 0.05) is 13.2 Å². The minimum Gasteiger partial charge on any atom is -0.396 e. The van der Waals surface area contributed by atoms with E-state index in [1.54, 1.807) is 0 Å². The summed E-state index contributed by atoms with van der Waals surface area (Å²) < 4.78 is 24.5. The maximum absolute atomic E-state index is 11.0. The van der Waals surface area contributed by atoms with Gasteiger partial charge in [0.25, 0.3) is 0 Å². The van der Waals surface area contributed by atoms with Gasteiger partial charge in [-0.2, -0.15) is 0 Å².